The zero-order valence-corrected chi connectivity index (χ0v) is 12.6. The van der Waals surface area contributed by atoms with Crippen molar-refractivity contribution >= 4 is 0 Å². The summed E-state index contributed by atoms with van der Waals surface area (Å²) in [4.78, 5) is 0. The van der Waals surface area contributed by atoms with E-state index in [-0.39, 0.29) is 0 Å². The van der Waals surface area contributed by atoms with Crippen LogP contribution in [-0.2, 0) is 6.42 Å². The molecule has 0 saturated heterocycles. The van der Waals surface area contributed by atoms with Crippen molar-refractivity contribution < 1.29 is 4.42 Å². The zero-order chi connectivity index (χ0) is 13.5. The zero-order valence-electron chi connectivity index (χ0n) is 12.6. The van der Waals surface area contributed by atoms with E-state index in [0.29, 0.717) is 6.04 Å². The average molecular weight is 263 g/mol. The SMILES string of the molecule is CCNC(CC1CCCCCC1)c1ccc(CC)o1. The molecule has 1 saturated carbocycles. The van der Waals surface area contributed by atoms with Crippen LogP contribution in [-0.4, -0.2) is 6.54 Å². The first-order valence-corrected chi connectivity index (χ1v) is 8.15. The summed E-state index contributed by atoms with van der Waals surface area (Å²) in [6.45, 7) is 5.35. The maximum atomic E-state index is 5.96. The fourth-order valence-corrected chi connectivity index (χ4v) is 3.25. The van der Waals surface area contributed by atoms with E-state index in [1.165, 1.54) is 44.9 Å². The molecule has 0 spiro atoms. The fourth-order valence-electron chi connectivity index (χ4n) is 3.25. The molecule has 1 fully saturated rings. The third-order valence-corrected chi connectivity index (χ3v) is 4.37. The predicted octanol–water partition coefficient (Wildman–Crippen LogP) is 4.85. The lowest BCUT2D eigenvalue weighted by molar-refractivity contribution is 0.317. The third-order valence-electron chi connectivity index (χ3n) is 4.37. The molecule has 0 aliphatic heterocycles. The minimum atomic E-state index is 0.411. The molecule has 2 heteroatoms. The molecule has 1 aliphatic rings. The van der Waals surface area contributed by atoms with Gasteiger partial charge in [-0.3, -0.25) is 0 Å². The molecule has 1 heterocycles. The summed E-state index contributed by atoms with van der Waals surface area (Å²) in [5, 5.41) is 3.61. The summed E-state index contributed by atoms with van der Waals surface area (Å²) in [6.07, 6.45) is 10.7. The van der Waals surface area contributed by atoms with Crippen LogP contribution in [0.3, 0.4) is 0 Å². The van der Waals surface area contributed by atoms with Gasteiger partial charge in [0.05, 0.1) is 6.04 Å². The minimum Gasteiger partial charge on any atom is -0.464 e. The Bertz CT molecular complexity index is 350. The Balaban J connectivity index is 1.98. The van der Waals surface area contributed by atoms with Gasteiger partial charge in [-0.1, -0.05) is 52.4 Å². The second kappa shape index (κ2) is 7.74. The lowest BCUT2D eigenvalue weighted by Gasteiger charge is -2.21. The highest BCUT2D eigenvalue weighted by molar-refractivity contribution is 5.11. The molecular weight excluding hydrogens is 234 g/mol. The molecule has 1 N–H and O–H groups in total. The van der Waals surface area contributed by atoms with Crippen LogP contribution in [0.1, 0.15) is 76.4 Å². The molecule has 1 aromatic heterocycles. The predicted molar refractivity (Wildman–Crippen MR) is 80.3 cm³/mol. The van der Waals surface area contributed by atoms with Crippen LogP contribution in [0.15, 0.2) is 16.5 Å². The standard InChI is InChI=1S/C17H29NO/c1-3-15-11-12-17(19-15)16(18-4-2)13-14-9-7-5-6-8-10-14/h11-12,14,16,18H,3-10,13H2,1-2H3. The van der Waals surface area contributed by atoms with Crippen LogP contribution in [0.5, 0.6) is 0 Å². The van der Waals surface area contributed by atoms with Crippen molar-refractivity contribution in [2.75, 3.05) is 6.54 Å². The lowest BCUT2D eigenvalue weighted by atomic mass is 9.91. The van der Waals surface area contributed by atoms with Gasteiger partial charge in [0.15, 0.2) is 0 Å². The molecule has 2 rings (SSSR count). The van der Waals surface area contributed by atoms with Crippen LogP contribution < -0.4 is 5.32 Å². The Labute approximate surface area is 118 Å². The van der Waals surface area contributed by atoms with Gasteiger partial charge in [0, 0.05) is 6.42 Å². The summed E-state index contributed by atoms with van der Waals surface area (Å²) >= 11 is 0. The van der Waals surface area contributed by atoms with Crippen molar-refractivity contribution in [3.05, 3.63) is 23.7 Å². The molecule has 1 aromatic rings. The van der Waals surface area contributed by atoms with Gasteiger partial charge < -0.3 is 9.73 Å². The van der Waals surface area contributed by atoms with E-state index in [1.54, 1.807) is 0 Å². The van der Waals surface area contributed by atoms with Crippen LogP contribution in [0.4, 0.5) is 0 Å². The van der Waals surface area contributed by atoms with Crippen molar-refractivity contribution in [3.8, 4) is 0 Å². The van der Waals surface area contributed by atoms with E-state index >= 15 is 0 Å². The number of hydrogen-bond acceptors (Lipinski definition) is 2. The largest absolute Gasteiger partial charge is 0.464 e. The Morgan fingerprint density at radius 3 is 2.47 bits per heavy atom. The van der Waals surface area contributed by atoms with Crippen LogP contribution >= 0.6 is 0 Å². The van der Waals surface area contributed by atoms with Crippen molar-refractivity contribution in [2.45, 2.75) is 71.3 Å². The molecule has 0 aromatic carbocycles. The Hall–Kier alpha value is -0.760. The van der Waals surface area contributed by atoms with Gasteiger partial charge in [0.2, 0.25) is 0 Å². The van der Waals surface area contributed by atoms with Gasteiger partial charge in [0.25, 0.3) is 0 Å². The Morgan fingerprint density at radius 2 is 1.89 bits per heavy atom. The quantitative estimate of drug-likeness (QED) is 0.742. The fraction of sp³-hybridized carbons (Fsp3) is 0.765. The number of hydrogen-bond donors (Lipinski definition) is 1. The van der Waals surface area contributed by atoms with Gasteiger partial charge >= 0.3 is 0 Å². The maximum Gasteiger partial charge on any atom is 0.121 e. The van der Waals surface area contributed by atoms with Gasteiger partial charge in [-0.2, -0.15) is 0 Å². The number of furan rings is 1. The van der Waals surface area contributed by atoms with Crippen molar-refractivity contribution in [3.63, 3.8) is 0 Å². The number of rotatable bonds is 6. The number of aryl methyl sites for hydroxylation is 1. The Morgan fingerprint density at radius 1 is 1.16 bits per heavy atom. The summed E-state index contributed by atoms with van der Waals surface area (Å²) < 4.78 is 5.96. The molecule has 1 aliphatic carbocycles. The molecule has 1 atom stereocenters. The van der Waals surface area contributed by atoms with Crippen LogP contribution in [0.2, 0.25) is 0 Å². The molecule has 19 heavy (non-hydrogen) atoms. The van der Waals surface area contributed by atoms with Crippen molar-refractivity contribution in [2.24, 2.45) is 5.92 Å². The highest BCUT2D eigenvalue weighted by atomic mass is 16.3. The van der Waals surface area contributed by atoms with E-state index < -0.39 is 0 Å². The lowest BCUT2D eigenvalue weighted by Crippen LogP contribution is -2.23. The van der Waals surface area contributed by atoms with Gasteiger partial charge in [0.1, 0.15) is 11.5 Å². The van der Waals surface area contributed by atoms with Gasteiger partial charge in [-0.15, -0.1) is 0 Å². The summed E-state index contributed by atoms with van der Waals surface area (Å²) in [5.74, 6) is 3.13. The molecule has 0 amide bonds. The van der Waals surface area contributed by atoms with Gasteiger partial charge in [-0.25, -0.2) is 0 Å². The van der Waals surface area contributed by atoms with Gasteiger partial charge in [-0.05, 0) is 31.0 Å². The van der Waals surface area contributed by atoms with E-state index in [4.69, 9.17) is 4.42 Å². The van der Waals surface area contributed by atoms with Crippen LogP contribution in [0.25, 0.3) is 0 Å². The highest BCUT2D eigenvalue weighted by Crippen LogP contribution is 2.31. The number of nitrogens with one attached hydrogen (secondary N) is 1. The molecular formula is C17H29NO. The molecule has 0 bridgehead atoms. The van der Waals surface area contributed by atoms with Crippen molar-refractivity contribution in [1.82, 2.24) is 5.32 Å². The molecule has 1 unspecified atom stereocenters. The Kier molecular flexibility index (Phi) is 5.96. The van der Waals surface area contributed by atoms with E-state index in [1.807, 2.05) is 0 Å². The summed E-state index contributed by atoms with van der Waals surface area (Å²) in [6, 6.07) is 4.71. The topological polar surface area (TPSA) is 25.2 Å². The minimum absolute atomic E-state index is 0.411. The summed E-state index contributed by atoms with van der Waals surface area (Å²) in [7, 11) is 0. The first-order chi connectivity index (χ1) is 9.33. The average Bonchev–Trinajstić information content (AvgIpc) is 2.76. The van der Waals surface area contributed by atoms with Crippen LogP contribution in [0, 0.1) is 5.92 Å². The van der Waals surface area contributed by atoms with E-state index in [2.05, 4.69) is 31.3 Å². The first kappa shape index (κ1) is 14.6. The normalized spacial score (nSPS) is 19.3. The summed E-state index contributed by atoms with van der Waals surface area (Å²) in [5.41, 5.74) is 0. The smallest absolute Gasteiger partial charge is 0.121 e. The first-order valence-electron chi connectivity index (χ1n) is 8.15. The third kappa shape index (κ3) is 4.38. The molecule has 108 valence electrons. The van der Waals surface area contributed by atoms with Crippen molar-refractivity contribution in [1.29, 1.82) is 0 Å². The maximum absolute atomic E-state index is 5.96. The molecule has 2 nitrogen and oxygen atoms in total. The second-order valence-electron chi connectivity index (χ2n) is 5.86. The highest BCUT2D eigenvalue weighted by Gasteiger charge is 2.21. The monoisotopic (exact) mass is 263 g/mol. The second-order valence-corrected chi connectivity index (χ2v) is 5.86. The van der Waals surface area contributed by atoms with E-state index in [9.17, 15) is 0 Å². The van der Waals surface area contributed by atoms with E-state index in [0.717, 1.165) is 30.4 Å². The molecule has 0 radical (unpaired) electrons.